The van der Waals surface area contributed by atoms with Gasteiger partial charge in [-0.25, -0.2) is 8.42 Å². The van der Waals surface area contributed by atoms with Crippen LogP contribution in [0.15, 0.2) is 95.5 Å². The van der Waals surface area contributed by atoms with Crippen molar-refractivity contribution in [3.05, 3.63) is 113 Å². The molecule has 6 aromatic rings. The molecule has 0 bridgehead atoms. The van der Waals surface area contributed by atoms with Gasteiger partial charge in [0, 0.05) is 54.9 Å². The minimum atomic E-state index is -3.61. The van der Waals surface area contributed by atoms with Gasteiger partial charge in [0.25, 0.3) is 5.91 Å². The van der Waals surface area contributed by atoms with E-state index in [4.69, 9.17) is 4.42 Å². The first-order valence-corrected chi connectivity index (χ1v) is 15.9. The fourth-order valence-corrected chi connectivity index (χ4v) is 5.95. The summed E-state index contributed by atoms with van der Waals surface area (Å²) in [4.78, 5) is 13.3. The summed E-state index contributed by atoms with van der Waals surface area (Å²) in [5.41, 5.74) is 8.04. The second kappa shape index (κ2) is 10.8. The number of aryl methyl sites for hydroxylation is 2. The number of anilines is 1. The summed E-state index contributed by atoms with van der Waals surface area (Å²) in [5.74, 6) is 0.147. The Labute approximate surface area is 251 Å². The highest BCUT2D eigenvalue weighted by atomic mass is 32.2. The lowest BCUT2D eigenvalue weighted by atomic mass is 9.97. The molecule has 0 aliphatic heterocycles. The van der Waals surface area contributed by atoms with Crippen LogP contribution in [0.1, 0.15) is 27.0 Å². The zero-order valence-electron chi connectivity index (χ0n) is 24.8. The summed E-state index contributed by atoms with van der Waals surface area (Å²) in [6, 6.07) is 28.0. The summed E-state index contributed by atoms with van der Waals surface area (Å²) in [6.07, 6.45) is 3.24. The number of furan rings is 1. The van der Waals surface area contributed by atoms with E-state index < -0.39 is 10.0 Å². The molecule has 4 aromatic carbocycles. The van der Waals surface area contributed by atoms with Crippen LogP contribution in [0.4, 0.5) is 5.69 Å². The standard InChI is InChI=1S/C35H33N3O4S/c1-22-6-10-24(11-7-22)21-38-17-16-25-14-15-27(18-30(25)38)28-19-29-32(20-31(28)37(4)43(5,40)41)42-34(33(29)35(39)36-3)26-12-8-23(2)9-13-26/h6-20H,21H2,1-5H3,(H,36,39). The van der Waals surface area contributed by atoms with Crippen LogP contribution in [0.2, 0.25) is 0 Å². The van der Waals surface area contributed by atoms with Gasteiger partial charge in [-0.1, -0.05) is 71.8 Å². The lowest BCUT2D eigenvalue weighted by molar-refractivity contribution is 0.0964. The Morgan fingerprint density at radius 2 is 1.53 bits per heavy atom. The van der Waals surface area contributed by atoms with Crippen molar-refractivity contribution in [1.82, 2.24) is 9.88 Å². The number of rotatable bonds is 7. The summed E-state index contributed by atoms with van der Waals surface area (Å²) in [5, 5.41) is 4.43. The highest BCUT2D eigenvalue weighted by Crippen LogP contribution is 2.42. The Hall–Kier alpha value is -4.82. The van der Waals surface area contributed by atoms with Gasteiger partial charge in [0.15, 0.2) is 0 Å². The number of amides is 1. The average Bonchev–Trinajstić information content (AvgIpc) is 3.57. The Morgan fingerprint density at radius 1 is 0.884 bits per heavy atom. The Kier molecular flexibility index (Phi) is 7.10. The van der Waals surface area contributed by atoms with Gasteiger partial charge in [-0.3, -0.25) is 9.10 Å². The minimum absolute atomic E-state index is 0.285. The third-order valence-electron chi connectivity index (χ3n) is 7.97. The van der Waals surface area contributed by atoms with Crippen molar-refractivity contribution in [3.63, 3.8) is 0 Å². The first kappa shape index (κ1) is 28.3. The van der Waals surface area contributed by atoms with E-state index in [9.17, 15) is 13.2 Å². The fraction of sp³-hybridized carbons (Fsp3) is 0.171. The van der Waals surface area contributed by atoms with Crippen LogP contribution < -0.4 is 9.62 Å². The molecule has 0 fully saturated rings. The molecule has 2 heterocycles. The van der Waals surface area contributed by atoms with Gasteiger partial charge in [0.2, 0.25) is 10.0 Å². The lowest BCUT2D eigenvalue weighted by Crippen LogP contribution is -2.25. The number of aromatic nitrogens is 1. The van der Waals surface area contributed by atoms with Crippen molar-refractivity contribution >= 4 is 43.5 Å². The fourth-order valence-electron chi connectivity index (χ4n) is 5.44. The smallest absolute Gasteiger partial charge is 0.255 e. The number of carbonyl (C=O) groups is 1. The van der Waals surface area contributed by atoms with Crippen LogP contribution in [-0.2, 0) is 16.6 Å². The molecule has 0 radical (unpaired) electrons. The van der Waals surface area contributed by atoms with Crippen molar-refractivity contribution in [2.24, 2.45) is 0 Å². The van der Waals surface area contributed by atoms with Gasteiger partial charge in [0.1, 0.15) is 11.3 Å². The first-order chi connectivity index (χ1) is 20.5. The van der Waals surface area contributed by atoms with Crippen molar-refractivity contribution in [3.8, 4) is 22.5 Å². The van der Waals surface area contributed by atoms with E-state index in [2.05, 4.69) is 59.4 Å². The molecule has 0 saturated carbocycles. The van der Waals surface area contributed by atoms with Crippen LogP contribution in [-0.4, -0.2) is 39.2 Å². The van der Waals surface area contributed by atoms with Crippen molar-refractivity contribution < 1.29 is 17.6 Å². The van der Waals surface area contributed by atoms with E-state index >= 15 is 0 Å². The minimum Gasteiger partial charge on any atom is -0.455 e. The maximum Gasteiger partial charge on any atom is 0.255 e. The molecular formula is C35H33N3O4S. The summed E-state index contributed by atoms with van der Waals surface area (Å²) < 4.78 is 35.4. The molecule has 218 valence electrons. The number of hydrogen-bond acceptors (Lipinski definition) is 4. The van der Waals surface area contributed by atoms with Crippen LogP contribution in [0.3, 0.4) is 0 Å². The Bertz CT molecular complexity index is 2110. The molecule has 0 spiro atoms. The van der Waals surface area contributed by atoms with E-state index in [0.29, 0.717) is 40.1 Å². The number of benzene rings is 4. The van der Waals surface area contributed by atoms with Crippen LogP contribution in [0.25, 0.3) is 44.3 Å². The molecule has 1 N–H and O–H groups in total. The zero-order valence-corrected chi connectivity index (χ0v) is 25.6. The van der Waals surface area contributed by atoms with E-state index in [-0.39, 0.29) is 5.91 Å². The molecule has 0 aliphatic rings. The summed E-state index contributed by atoms with van der Waals surface area (Å²) in [7, 11) is -0.497. The topological polar surface area (TPSA) is 84.6 Å². The molecule has 1 amide bonds. The molecule has 43 heavy (non-hydrogen) atoms. The molecule has 0 saturated heterocycles. The quantitative estimate of drug-likeness (QED) is 0.214. The van der Waals surface area contributed by atoms with Gasteiger partial charge in [-0.05, 0) is 48.6 Å². The number of carbonyl (C=O) groups excluding carboxylic acids is 1. The molecular weight excluding hydrogens is 558 g/mol. The third kappa shape index (κ3) is 5.30. The SMILES string of the molecule is CNC(=O)c1c(-c2ccc(C)cc2)oc2cc(N(C)S(C)(=O)=O)c(-c3ccc4ccn(Cc5ccc(C)cc5)c4c3)cc12. The number of sulfonamides is 1. The van der Waals surface area contributed by atoms with Gasteiger partial charge in [0.05, 0.1) is 17.5 Å². The van der Waals surface area contributed by atoms with E-state index in [1.807, 2.05) is 49.4 Å². The van der Waals surface area contributed by atoms with E-state index in [0.717, 1.165) is 27.6 Å². The predicted octanol–water partition coefficient (Wildman–Crippen LogP) is 7.14. The molecule has 7 nitrogen and oxygen atoms in total. The second-order valence-corrected chi connectivity index (χ2v) is 13.1. The van der Waals surface area contributed by atoms with E-state index in [1.54, 1.807) is 13.1 Å². The molecule has 0 aliphatic carbocycles. The summed E-state index contributed by atoms with van der Waals surface area (Å²) in [6.45, 7) is 4.77. The second-order valence-electron chi connectivity index (χ2n) is 11.1. The van der Waals surface area contributed by atoms with Gasteiger partial charge >= 0.3 is 0 Å². The molecule has 2 aromatic heterocycles. The Morgan fingerprint density at radius 3 is 2.19 bits per heavy atom. The number of nitrogens with one attached hydrogen (secondary N) is 1. The highest BCUT2D eigenvalue weighted by molar-refractivity contribution is 7.92. The maximum absolute atomic E-state index is 13.3. The van der Waals surface area contributed by atoms with Gasteiger partial charge < -0.3 is 14.3 Å². The largest absolute Gasteiger partial charge is 0.455 e. The lowest BCUT2D eigenvalue weighted by Gasteiger charge is -2.21. The normalized spacial score (nSPS) is 11.7. The highest BCUT2D eigenvalue weighted by Gasteiger charge is 2.26. The average molecular weight is 592 g/mol. The van der Waals surface area contributed by atoms with Gasteiger partial charge in [-0.15, -0.1) is 0 Å². The van der Waals surface area contributed by atoms with Crippen molar-refractivity contribution in [2.45, 2.75) is 20.4 Å². The maximum atomic E-state index is 13.3. The molecule has 0 atom stereocenters. The first-order valence-electron chi connectivity index (χ1n) is 14.0. The monoisotopic (exact) mass is 591 g/mol. The van der Waals surface area contributed by atoms with Crippen molar-refractivity contribution in [1.29, 1.82) is 0 Å². The van der Waals surface area contributed by atoms with Crippen LogP contribution in [0.5, 0.6) is 0 Å². The number of nitrogens with zero attached hydrogens (tertiary/aromatic N) is 2. The van der Waals surface area contributed by atoms with Crippen LogP contribution >= 0.6 is 0 Å². The number of hydrogen-bond donors (Lipinski definition) is 1. The van der Waals surface area contributed by atoms with Crippen LogP contribution in [0, 0.1) is 13.8 Å². The zero-order chi connectivity index (χ0) is 30.5. The van der Waals surface area contributed by atoms with Gasteiger partial charge in [-0.2, -0.15) is 0 Å². The third-order valence-corrected chi connectivity index (χ3v) is 9.16. The molecule has 8 heteroatoms. The number of fused-ring (bicyclic) bond motifs is 2. The predicted molar refractivity (Wildman–Crippen MR) is 174 cm³/mol. The van der Waals surface area contributed by atoms with E-state index in [1.165, 1.54) is 28.7 Å². The van der Waals surface area contributed by atoms with Crippen molar-refractivity contribution in [2.75, 3.05) is 24.7 Å². The molecule has 0 unspecified atom stereocenters. The molecule has 6 rings (SSSR count). The summed E-state index contributed by atoms with van der Waals surface area (Å²) >= 11 is 0. The Balaban J connectivity index is 1.58.